The predicted octanol–water partition coefficient (Wildman–Crippen LogP) is -0.321. The van der Waals surface area contributed by atoms with Gasteiger partial charge in [0.2, 0.25) is 24.1 Å². The van der Waals surface area contributed by atoms with Crippen molar-refractivity contribution in [2.45, 2.75) is 25.8 Å². The number of hydrogen-bond donors (Lipinski definition) is 2. The van der Waals surface area contributed by atoms with Crippen LogP contribution in [0.1, 0.15) is 18.9 Å². The van der Waals surface area contributed by atoms with Gasteiger partial charge in [0.1, 0.15) is 6.04 Å². The van der Waals surface area contributed by atoms with E-state index in [1.165, 1.54) is 10.5 Å². The van der Waals surface area contributed by atoms with Crippen LogP contribution in [-0.4, -0.2) is 90.7 Å². The summed E-state index contributed by atoms with van der Waals surface area (Å²) in [6, 6.07) is 6.74. The lowest BCUT2D eigenvalue weighted by atomic mass is 10.1. The van der Waals surface area contributed by atoms with Gasteiger partial charge in [-0.05, 0) is 24.1 Å². The lowest BCUT2D eigenvalue weighted by Gasteiger charge is -2.37. The fourth-order valence-electron chi connectivity index (χ4n) is 3.74. The smallest absolute Gasteiger partial charge is 0.243 e. The van der Waals surface area contributed by atoms with Crippen molar-refractivity contribution < 1.29 is 19.2 Å². The lowest BCUT2D eigenvalue weighted by Crippen LogP contribution is -2.60. The number of anilines is 1. The van der Waals surface area contributed by atoms with E-state index in [1.807, 2.05) is 29.2 Å². The minimum atomic E-state index is -0.822. The fourth-order valence-corrected chi connectivity index (χ4v) is 3.74. The second-order valence-corrected chi connectivity index (χ2v) is 7.61. The summed E-state index contributed by atoms with van der Waals surface area (Å²) in [5.41, 5.74) is 1.84. The van der Waals surface area contributed by atoms with E-state index in [0.29, 0.717) is 45.0 Å². The zero-order valence-corrected chi connectivity index (χ0v) is 17.3. The van der Waals surface area contributed by atoms with Crippen LogP contribution in [0.25, 0.3) is 0 Å². The Bertz CT molecular complexity index is 774. The Kier molecular flexibility index (Phi) is 7.40. The van der Waals surface area contributed by atoms with Crippen molar-refractivity contribution >= 4 is 29.8 Å². The summed E-state index contributed by atoms with van der Waals surface area (Å²) in [6.07, 6.45) is 1.64. The minimum Gasteiger partial charge on any atom is -0.353 e. The molecule has 4 amide bonds. The van der Waals surface area contributed by atoms with Crippen LogP contribution in [0.5, 0.6) is 0 Å². The third kappa shape index (κ3) is 5.56. The van der Waals surface area contributed by atoms with E-state index in [4.69, 9.17) is 0 Å². The van der Waals surface area contributed by atoms with E-state index in [2.05, 4.69) is 17.6 Å². The molecule has 2 fully saturated rings. The van der Waals surface area contributed by atoms with Crippen molar-refractivity contribution in [2.75, 3.05) is 51.1 Å². The number of nitrogens with zero attached hydrogens (tertiary/aromatic N) is 3. The monoisotopic (exact) mass is 415 g/mol. The van der Waals surface area contributed by atoms with Gasteiger partial charge in [0.25, 0.3) is 0 Å². The van der Waals surface area contributed by atoms with Crippen molar-refractivity contribution in [3.05, 3.63) is 29.8 Å². The Hall–Kier alpha value is -2.94. The van der Waals surface area contributed by atoms with Gasteiger partial charge in [-0.25, -0.2) is 0 Å². The van der Waals surface area contributed by atoms with Crippen molar-refractivity contribution in [2.24, 2.45) is 0 Å². The molecule has 2 aliphatic heterocycles. The van der Waals surface area contributed by atoms with Gasteiger partial charge in [0.05, 0.1) is 13.0 Å². The summed E-state index contributed by atoms with van der Waals surface area (Å²) in [5.74, 6) is -0.787. The van der Waals surface area contributed by atoms with Crippen LogP contribution in [-0.2, 0) is 25.6 Å². The molecule has 9 nitrogen and oxygen atoms in total. The summed E-state index contributed by atoms with van der Waals surface area (Å²) >= 11 is 0. The second kappa shape index (κ2) is 10.2. The van der Waals surface area contributed by atoms with Gasteiger partial charge in [-0.2, -0.15) is 0 Å². The van der Waals surface area contributed by atoms with E-state index in [9.17, 15) is 19.2 Å². The molecule has 2 heterocycles. The molecule has 2 aliphatic rings. The van der Waals surface area contributed by atoms with Crippen LogP contribution < -0.4 is 10.6 Å². The number of rotatable bonds is 7. The van der Waals surface area contributed by atoms with Gasteiger partial charge in [-0.3, -0.25) is 24.1 Å². The molecule has 9 heteroatoms. The maximum absolute atomic E-state index is 12.9. The quantitative estimate of drug-likeness (QED) is 0.595. The molecule has 2 saturated heterocycles. The molecule has 0 saturated carbocycles. The Morgan fingerprint density at radius 3 is 2.47 bits per heavy atom. The lowest BCUT2D eigenvalue weighted by molar-refractivity contribution is -0.145. The van der Waals surface area contributed by atoms with Gasteiger partial charge in [0, 0.05) is 45.0 Å². The predicted molar refractivity (Wildman–Crippen MR) is 112 cm³/mol. The van der Waals surface area contributed by atoms with Crippen LogP contribution in [0.3, 0.4) is 0 Å². The molecule has 0 aliphatic carbocycles. The first-order valence-corrected chi connectivity index (χ1v) is 10.4. The Morgan fingerprint density at radius 1 is 1.13 bits per heavy atom. The van der Waals surface area contributed by atoms with Crippen LogP contribution in [0, 0.1) is 0 Å². The van der Waals surface area contributed by atoms with Crippen LogP contribution in [0.4, 0.5) is 5.69 Å². The molecule has 0 bridgehead atoms. The van der Waals surface area contributed by atoms with Crippen molar-refractivity contribution in [1.29, 1.82) is 0 Å². The molecular formula is C21H29N5O4. The van der Waals surface area contributed by atoms with E-state index in [0.717, 1.165) is 12.8 Å². The highest BCUT2D eigenvalue weighted by Crippen LogP contribution is 2.14. The van der Waals surface area contributed by atoms with Crippen LogP contribution >= 0.6 is 0 Å². The van der Waals surface area contributed by atoms with Crippen molar-refractivity contribution in [3.63, 3.8) is 0 Å². The number of benzene rings is 1. The molecule has 1 aromatic rings. The van der Waals surface area contributed by atoms with Crippen molar-refractivity contribution in [3.8, 4) is 0 Å². The largest absolute Gasteiger partial charge is 0.353 e. The zero-order valence-electron chi connectivity index (χ0n) is 17.3. The SMILES string of the molecule is CCc1ccc(NC(=O)CC2C(=O)NCCN2C(=O)CN2CCN(C=O)CC2)cc1. The molecule has 1 aromatic carbocycles. The molecule has 0 spiro atoms. The molecule has 0 aromatic heterocycles. The van der Waals surface area contributed by atoms with Crippen LogP contribution in [0.15, 0.2) is 24.3 Å². The van der Waals surface area contributed by atoms with E-state index < -0.39 is 6.04 Å². The number of piperazine rings is 2. The number of carbonyl (C=O) groups is 4. The summed E-state index contributed by atoms with van der Waals surface area (Å²) in [4.78, 5) is 53.8. The first-order chi connectivity index (χ1) is 14.5. The molecule has 0 radical (unpaired) electrons. The van der Waals surface area contributed by atoms with Crippen molar-refractivity contribution in [1.82, 2.24) is 20.0 Å². The average Bonchev–Trinajstić information content (AvgIpc) is 2.76. The maximum atomic E-state index is 12.9. The topological polar surface area (TPSA) is 102 Å². The van der Waals surface area contributed by atoms with E-state index >= 15 is 0 Å². The van der Waals surface area contributed by atoms with Gasteiger partial charge < -0.3 is 20.4 Å². The average molecular weight is 415 g/mol. The Morgan fingerprint density at radius 2 is 1.83 bits per heavy atom. The molecular weight excluding hydrogens is 386 g/mol. The molecule has 3 rings (SSSR count). The van der Waals surface area contributed by atoms with Crippen LogP contribution in [0.2, 0.25) is 0 Å². The van der Waals surface area contributed by atoms with Gasteiger partial charge >= 0.3 is 0 Å². The molecule has 1 unspecified atom stereocenters. The van der Waals surface area contributed by atoms with Gasteiger partial charge in [0.15, 0.2) is 0 Å². The van der Waals surface area contributed by atoms with Gasteiger partial charge in [-0.1, -0.05) is 19.1 Å². The standard InChI is InChI=1S/C21H29N5O4/c1-2-16-3-5-17(6-4-16)23-19(28)13-18-21(30)22-7-8-26(18)20(29)14-24-9-11-25(15-27)12-10-24/h3-6,15,18H,2,7-14H2,1H3,(H,22,30)(H,23,28). The second-order valence-electron chi connectivity index (χ2n) is 7.61. The Labute approximate surface area is 176 Å². The number of aryl methyl sites for hydroxylation is 1. The highest BCUT2D eigenvalue weighted by molar-refractivity contribution is 5.97. The number of nitrogens with one attached hydrogen (secondary N) is 2. The molecule has 162 valence electrons. The summed E-state index contributed by atoms with van der Waals surface area (Å²) < 4.78 is 0. The fraction of sp³-hybridized carbons (Fsp3) is 0.524. The summed E-state index contributed by atoms with van der Waals surface area (Å²) in [7, 11) is 0. The first kappa shape index (κ1) is 21.8. The number of carbonyl (C=O) groups excluding carboxylic acids is 4. The van der Waals surface area contributed by atoms with Gasteiger partial charge in [-0.15, -0.1) is 0 Å². The highest BCUT2D eigenvalue weighted by atomic mass is 16.2. The maximum Gasteiger partial charge on any atom is 0.243 e. The highest BCUT2D eigenvalue weighted by Gasteiger charge is 2.35. The molecule has 2 N–H and O–H groups in total. The Balaban J connectivity index is 1.58. The third-order valence-electron chi connectivity index (χ3n) is 5.59. The molecule has 1 atom stereocenters. The minimum absolute atomic E-state index is 0.0912. The number of amides is 4. The molecule has 30 heavy (non-hydrogen) atoms. The normalized spacial score (nSPS) is 19.9. The summed E-state index contributed by atoms with van der Waals surface area (Å²) in [6.45, 7) is 5.38. The first-order valence-electron chi connectivity index (χ1n) is 10.4. The zero-order chi connectivity index (χ0) is 21.5. The third-order valence-corrected chi connectivity index (χ3v) is 5.59. The number of hydrogen-bond acceptors (Lipinski definition) is 5. The van der Waals surface area contributed by atoms with E-state index in [1.54, 1.807) is 4.90 Å². The summed E-state index contributed by atoms with van der Waals surface area (Å²) in [5, 5.41) is 5.55. The van der Waals surface area contributed by atoms with E-state index in [-0.39, 0.29) is 30.7 Å².